The summed E-state index contributed by atoms with van der Waals surface area (Å²) in [4.78, 5) is 26.5. The average molecular weight is 417 g/mol. The van der Waals surface area contributed by atoms with Gasteiger partial charge < -0.3 is 0 Å². The Morgan fingerprint density at radius 1 is 0.700 bits per heavy atom. The quantitative estimate of drug-likeness (QED) is 0.374. The fraction of sp³-hybridized carbons (Fsp3) is 0.231. The molecule has 0 radical (unpaired) electrons. The summed E-state index contributed by atoms with van der Waals surface area (Å²) in [6, 6.07) is 14.6. The lowest BCUT2D eigenvalue weighted by Crippen LogP contribution is -2.13. The highest BCUT2D eigenvalue weighted by Crippen LogP contribution is 2.33. The van der Waals surface area contributed by atoms with Gasteiger partial charge in [0.05, 0.1) is 5.56 Å². The second kappa shape index (κ2) is 8.45. The Balaban J connectivity index is 2.09. The lowest BCUT2D eigenvalue weighted by molar-refractivity contribution is 0.103. The molecule has 0 fully saturated rings. The molecule has 0 saturated carbocycles. The van der Waals surface area contributed by atoms with Crippen molar-refractivity contribution in [1.82, 2.24) is 0 Å². The van der Waals surface area contributed by atoms with E-state index in [9.17, 15) is 14.2 Å². The predicted molar refractivity (Wildman–Crippen MR) is 123 cm³/mol. The number of rotatable bonds is 5. The molecule has 0 amide bonds. The minimum Gasteiger partial charge on any atom is -0.289 e. The van der Waals surface area contributed by atoms with Gasteiger partial charge in [0.1, 0.15) is 0 Å². The van der Waals surface area contributed by atoms with Crippen LogP contribution < -0.4 is 5.30 Å². The van der Waals surface area contributed by atoms with Crippen molar-refractivity contribution in [3.05, 3.63) is 98.6 Å². The van der Waals surface area contributed by atoms with Crippen LogP contribution >= 0.6 is 7.80 Å². The number of benzene rings is 3. The van der Waals surface area contributed by atoms with Gasteiger partial charge in [0.25, 0.3) is 0 Å². The molecule has 152 valence electrons. The third-order valence-corrected chi connectivity index (χ3v) is 6.99. The molecule has 0 aliphatic carbocycles. The van der Waals surface area contributed by atoms with Crippen LogP contribution in [-0.2, 0) is 4.57 Å². The van der Waals surface area contributed by atoms with E-state index in [2.05, 4.69) is 0 Å². The van der Waals surface area contributed by atoms with Gasteiger partial charge in [-0.2, -0.15) is 0 Å². The van der Waals surface area contributed by atoms with E-state index in [1.165, 1.54) is 0 Å². The molecule has 0 aromatic heterocycles. The van der Waals surface area contributed by atoms with Crippen molar-refractivity contribution in [2.45, 2.75) is 41.5 Å². The lowest BCUT2D eigenvalue weighted by atomic mass is 9.87. The molecule has 0 N–H and O–H groups in total. The minimum absolute atomic E-state index is 0.0415. The van der Waals surface area contributed by atoms with Gasteiger partial charge >= 0.3 is 13.3 Å². The third-order valence-electron chi connectivity index (χ3n) is 5.63. The van der Waals surface area contributed by atoms with Gasteiger partial charge in [0.2, 0.25) is 0 Å². The number of carbonyl (C=O) groups is 2. The van der Waals surface area contributed by atoms with Crippen molar-refractivity contribution in [1.29, 1.82) is 0 Å². The molecular formula is C26H26O3P+. The molecule has 0 aliphatic heterocycles. The highest BCUT2D eigenvalue weighted by atomic mass is 31.1. The second-order valence-electron chi connectivity index (χ2n) is 7.90. The number of ketones is 1. The van der Waals surface area contributed by atoms with Gasteiger partial charge in [-0.15, -0.1) is 0 Å². The zero-order chi connectivity index (χ0) is 22.2. The van der Waals surface area contributed by atoms with Crippen LogP contribution in [-0.4, -0.2) is 11.3 Å². The molecule has 3 rings (SSSR count). The fourth-order valence-electron chi connectivity index (χ4n) is 4.10. The van der Waals surface area contributed by atoms with E-state index >= 15 is 0 Å². The first-order chi connectivity index (χ1) is 14.1. The molecule has 0 aliphatic rings. The van der Waals surface area contributed by atoms with E-state index in [1.807, 2.05) is 52.8 Å². The molecule has 0 spiro atoms. The van der Waals surface area contributed by atoms with Gasteiger partial charge in [-0.25, -0.2) is 4.79 Å². The molecular weight excluding hydrogens is 391 g/mol. The van der Waals surface area contributed by atoms with Gasteiger partial charge in [0, 0.05) is 11.1 Å². The molecule has 3 aromatic rings. The molecule has 30 heavy (non-hydrogen) atoms. The van der Waals surface area contributed by atoms with Crippen LogP contribution in [0.2, 0.25) is 0 Å². The van der Waals surface area contributed by atoms with E-state index in [4.69, 9.17) is 0 Å². The molecule has 1 atom stereocenters. The Kier molecular flexibility index (Phi) is 6.14. The van der Waals surface area contributed by atoms with Gasteiger partial charge in [-0.05, 0) is 87.6 Å². The molecule has 1 unspecified atom stereocenters. The Morgan fingerprint density at radius 2 is 1.23 bits per heavy atom. The molecule has 4 heteroatoms. The number of carbonyl (C=O) groups excluding carboxylic acids is 2. The van der Waals surface area contributed by atoms with E-state index in [1.54, 1.807) is 37.3 Å². The Labute approximate surface area is 178 Å². The van der Waals surface area contributed by atoms with Gasteiger partial charge in [-0.3, -0.25) is 4.79 Å². The van der Waals surface area contributed by atoms with Crippen LogP contribution in [0.3, 0.4) is 0 Å². The molecule has 3 nitrogen and oxygen atoms in total. The number of hydrogen-bond acceptors (Lipinski definition) is 3. The first-order valence-electron chi connectivity index (χ1n) is 9.93. The topological polar surface area (TPSA) is 51.2 Å². The monoisotopic (exact) mass is 417 g/mol. The zero-order valence-electron chi connectivity index (χ0n) is 18.3. The van der Waals surface area contributed by atoms with Crippen LogP contribution in [0.15, 0.2) is 48.5 Å². The summed E-state index contributed by atoms with van der Waals surface area (Å²) >= 11 is 0. The summed E-state index contributed by atoms with van der Waals surface area (Å²) < 4.78 is 12.9. The summed E-state index contributed by atoms with van der Waals surface area (Å²) in [6.07, 6.45) is 0. The van der Waals surface area contributed by atoms with Crippen molar-refractivity contribution in [2.75, 3.05) is 0 Å². The Bertz CT molecular complexity index is 1170. The van der Waals surface area contributed by atoms with Crippen molar-refractivity contribution in [2.24, 2.45) is 0 Å². The third kappa shape index (κ3) is 3.91. The Morgan fingerprint density at radius 3 is 1.80 bits per heavy atom. The van der Waals surface area contributed by atoms with E-state index in [-0.39, 0.29) is 5.78 Å². The van der Waals surface area contributed by atoms with Crippen molar-refractivity contribution in [3.63, 3.8) is 0 Å². The number of aryl methyl sites for hydroxylation is 4. The zero-order valence-corrected chi connectivity index (χ0v) is 19.2. The summed E-state index contributed by atoms with van der Waals surface area (Å²) in [5, 5.41) is 0.514. The molecule has 0 bridgehead atoms. The van der Waals surface area contributed by atoms with Crippen LogP contribution in [0.1, 0.15) is 59.7 Å². The van der Waals surface area contributed by atoms with Crippen LogP contribution in [0.5, 0.6) is 0 Å². The fourth-order valence-corrected chi connectivity index (χ4v) is 5.33. The van der Waals surface area contributed by atoms with E-state index in [0.717, 1.165) is 22.3 Å². The highest BCUT2D eigenvalue weighted by Gasteiger charge is 2.36. The average Bonchev–Trinajstić information content (AvgIpc) is 2.69. The van der Waals surface area contributed by atoms with Gasteiger partial charge in [0.15, 0.2) is 11.1 Å². The molecule has 3 aromatic carbocycles. The predicted octanol–water partition coefficient (Wildman–Crippen LogP) is 6.06. The highest BCUT2D eigenvalue weighted by molar-refractivity contribution is 7.71. The second-order valence-corrected chi connectivity index (χ2v) is 9.42. The number of hydrogen-bond donors (Lipinski definition) is 0. The first-order valence-corrected chi connectivity index (χ1v) is 11.2. The van der Waals surface area contributed by atoms with Crippen LogP contribution in [0, 0.1) is 41.5 Å². The standard InChI is InChI=1S/C26H26O3P/c1-15-12-16(2)23(17(3)13-15)25(27)22-14-18(4)24(20(6)19(22)5)26(28)30(29)21-10-8-7-9-11-21/h7-14H,1-6H3/q+1. The van der Waals surface area contributed by atoms with Crippen molar-refractivity contribution < 1.29 is 14.2 Å². The molecule has 0 saturated heterocycles. The van der Waals surface area contributed by atoms with Gasteiger partial charge in [-0.1, -0.05) is 40.5 Å². The van der Waals surface area contributed by atoms with Crippen molar-refractivity contribution in [3.8, 4) is 0 Å². The largest absolute Gasteiger partial charge is 0.458 e. The van der Waals surface area contributed by atoms with Crippen molar-refractivity contribution >= 4 is 24.4 Å². The maximum atomic E-state index is 13.4. The summed E-state index contributed by atoms with van der Waals surface area (Å²) in [5.41, 5.74) is 6.50. The normalized spacial score (nSPS) is 11.3. The lowest BCUT2D eigenvalue weighted by Gasteiger charge is -2.16. The minimum atomic E-state index is -2.21. The van der Waals surface area contributed by atoms with E-state index < -0.39 is 13.3 Å². The summed E-state index contributed by atoms with van der Waals surface area (Å²) in [5.74, 6) is -0.0415. The van der Waals surface area contributed by atoms with Crippen LogP contribution in [0.25, 0.3) is 0 Å². The first kappa shape index (κ1) is 21.8. The van der Waals surface area contributed by atoms with Crippen LogP contribution in [0.4, 0.5) is 0 Å². The molecule has 0 heterocycles. The smallest absolute Gasteiger partial charge is 0.289 e. The maximum Gasteiger partial charge on any atom is 0.458 e. The Hall–Kier alpha value is -2.90. The SMILES string of the molecule is Cc1cc(C)c(C(=O)c2cc(C)c(C(=O)[P+](=O)c3ccccc3)c(C)c2C)c(C)c1. The summed E-state index contributed by atoms with van der Waals surface area (Å²) in [7, 11) is -2.21. The summed E-state index contributed by atoms with van der Waals surface area (Å²) in [6.45, 7) is 11.4. The van der Waals surface area contributed by atoms with E-state index in [0.29, 0.717) is 33.1 Å². The maximum absolute atomic E-state index is 13.4.